The molecular formula is C15H21N3O5. The fourth-order valence-corrected chi connectivity index (χ4v) is 3.00. The molecule has 1 amide bonds. The number of amides is 1. The van der Waals surface area contributed by atoms with Crippen LogP contribution in [0.5, 0.6) is 5.75 Å². The number of hydrogen-bond donors (Lipinski definition) is 1. The van der Waals surface area contributed by atoms with Gasteiger partial charge >= 0.3 is 5.69 Å². The average molecular weight is 323 g/mol. The summed E-state index contributed by atoms with van der Waals surface area (Å²) in [5, 5.41) is 15.7. The number of rotatable bonds is 5. The van der Waals surface area contributed by atoms with Crippen LogP contribution in [0, 0.1) is 17.0 Å². The molecule has 0 radical (unpaired) electrons. The number of ether oxygens (including phenoxy) is 1. The van der Waals surface area contributed by atoms with Crippen molar-refractivity contribution in [1.29, 1.82) is 0 Å². The lowest BCUT2D eigenvalue weighted by Gasteiger charge is -2.28. The first kappa shape index (κ1) is 17.2. The summed E-state index contributed by atoms with van der Waals surface area (Å²) in [6, 6.07) is 2.74. The summed E-state index contributed by atoms with van der Waals surface area (Å²) in [5.74, 6) is 0.0388. The van der Waals surface area contributed by atoms with E-state index >= 15 is 0 Å². The quantitative estimate of drug-likeness (QED) is 0.653. The lowest BCUT2D eigenvalue weighted by atomic mass is 10.0. The topological polar surface area (TPSA) is 93.9 Å². The lowest BCUT2D eigenvalue weighted by molar-refractivity contribution is -0.385. The lowest BCUT2D eigenvalue weighted by Crippen LogP contribution is -2.46. The molecule has 8 heteroatoms. The molecule has 1 aliphatic rings. The van der Waals surface area contributed by atoms with E-state index < -0.39 is 16.6 Å². The zero-order chi connectivity index (χ0) is 17.4. The van der Waals surface area contributed by atoms with Crippen molar-refractivity contribution < 1.29 is 19.3 Å². The van der Waals surface area contributed by atoms with Crippen LogP contribution in [-0.2, 0) is 16.1 Å². The molecule has 23 heavy (non-hydrogen) atoms. The van der Waals surface area contributed by atoms with Gasteiger partial charge < -0.3 is 4.74 Å². The van der Waals surface area contributed by atoms with E-state index in [1.165, 1.54) is 25.3 Å². The van der Waals surface area contributed by atoms with Gasteiger partial charge in [0.05, 0.1) is 25.2 Å². The maximum absolute atomic E-state index is 12.4. The van der Waals surface area contributed by atoms with Crippen molar-refractivity contribution in [2.45, 2.75) is 38.9 Å². The minimum atomic E-state index is -0.635. The number of hydrogen-bond acceptors (Lipinski definition) is 6. The summed E-state index contributed by atoms with van der Waals surface area (Å²) in [4.78, 5) is 28.2. The van der Waals surface area contributed by atoms with Gasteiger partial charge in [0.15, 0.2) is 5.75 Å². The average Bonchev–Trinajstić information content (AvgIpc) is 2.67. The third kappa shape index (κ3) is 3.13. The first-order chi connectivity index (χ1) is 10.7. The molecular weight excluding hydrogens is 302 g/mol. The van der Waals surface area contributed by atoms with Crippen molar-refractivity contribution in [3.05, 3.63) is 33.4 Å². The van der Waals surface area contributed by atoms with Gasteiger partial charge in [0.2, 0.25) is 0 Å². The molecule has 0 aromatic heterocycles. The molecule has 1 saturated heterocycles. The van der Waals surface area contributed by atoms with Crippen molar-refractivity contribution in [1.82, 2.24) is 10.4 Å². The number of nitrogens with zero attached hydrogens (tertiary/aromatic N) is 2. The minimum absolute atomic E-state index is 0.101. The predicted octanol–water partition coefficient (Wildman–Crippen LogP) is 1.55. The summed E-state index contributed by atoms with van der Waals surface area (Å²) in [6.45, 7) is 5.40. The number of hydroxylamine groups is 2. The van der Waals surface area contributed by atoms with Crippen LogP contribution in [0.1, 0.15) is 25.0 Å². The molecule has 126 valence electrons. The zero-order valence-corrected chi connectivity index (χ0v) is 13.9. The summed E-state index contributed by atoms with van der Waals surface area (Å²) < 4.78 is 5.10. The SMILES string of the molecule is COc1c(C)cc(C[C@@H]2NC(C)(C)N(OC)C2=O)cc1[N+](=O)[O-]. The molecule has 1 N–H and O–H groups in total. The summed E-state index contributed by atoms with van der Waals surface area (Å²) in [7, 11) is 2.84. The Labute approximate surface area is 134 Å². The molecule has 0 unspecified atom stereocenters. The van der Waals surface area contributed by atoms with Gasteiger partial charge in [-0.15, -0.1) is 0 Å². The van der Waals surface area contributed by atoms with Crippen molar-refractivity contribution in [2.75, 3.05) is 14.2 Å². The highest BCUT2D eigenvalue weighted by Crippen LogP contribution is 2.33. The first-order valence-corrected chi connectivity index (χ1v) is 7.19. The molecule has 1 aliphatic heterocycles. The highest BCUT2D eigenvalue weighted by atomic mass is 16.7. The molecule has 1 fully saturated rings. The molecule has 1 aromatic rings. The van der Waals surface area contributed by atoms with Gasteiger partial charge in [-0.05, 0) is 38.3 Å². The van der Waals surface area contributed by atoms with Crippen LogP contribution < -0.4 is 10.1 Å². The third-order valence-corrected chi connectivity index (χ3v) is 3.87. The van der Waals surface area contributed by atoms with Gasteiger partial charge in [-0.1, -0.05) is 6.07 Å². The van der Waals surface area contributed by atoms with Crippen molar-refractivity contribution in [3.8, 4) is 5.75 Å². The van der Waals surface area contributed by atoms with Gasteiger partial charge in [-0.25, -0.2) is 5.06 Å². The number of carbonyl (C=O) groups excluding carboxylic acids is 1. The Morgan fingerprint density at radius 1 is 1.39 bits per heavy atom. The fraction of sp³-hybridized carbons (Fsp3) is 0.533. The number of nitro groups is 1. The van der Waals surface area contributed by atoms with Gasteiger partial charge in [0, 0.05) is 6.07 Å². The molecule has 0 bridgehead atoms. The van der Waals surface area contributed by atoms with Crippen LogP contribution in [0.2, 0.25) is 0 Å². The monoisotopic (exact) mass is 323 g/mol. The normalized spacial score (nSPS) is 20.0. The number of methoxy groups -OCH3 is 1. The van der Waals surface area contributed by atoms with Crippen LogP contribution in [0.15, 0.2) is 12.1 Å². The van der Waals surface area contributed by atoms with Crippen LogP contribution >= 0.6 is 0 Å². The molecule has 2 rings (SSSR count). The number of carbonyl (C=O) groups is 1. The van der Waals surface area contributed by atoms with Crippen molar-refractivity contribution in [2.24, 2.45) is 0 Å². The second-order valence-electron chi connectivity index (χ2n) is 6.00. The van der Waals surface area contributed by atoms with Gasteiger partial charge in [-0.3, -0.25) is 25.1 Å². The van der Waals surface area contributed by atoms with Crippen LogP contribution in [0.3, 0.4) is 0 Å². The van der Waals surface area contributed by atoms with E-state index in [4.69, 9.17) is 9.57 Å². The maximum Gasteiger partial charge on any atom is 0.311 e. The second-order valence-corrected chi connectivity index (χ2v) is 6.00. The van der Waals surface area contributed by atoms with Crippen LogP contribution in [-0.4, -0.2) is 41.8 Å². The van der Waals surface area contributed by atoms with Gasteiger partial charge in [0.1, 0.15) is 5.66 Å². The van der Waals surface area contributed by atoms with Crippen molar-refractivity contribution in [3.63, 3.8) is 0 Å². The smallest absolute Gasteiger partial charge is 0.311 e. The largest absolute Gasteiger partial charge is 0.490 e. The van der Waals surface area contributed by atoms with E-state index in [9.17, 15) is 14.9 Å². The Bertz CT molecular complexity index is 644. The maximum atomic E-state index is 12.4. The molecule has 0 saturated carbocycles. The first-order valence-electron chi connectivity index (χ1n) is 7.19. The number of aryl methyl sites for hydroxylation is 1. The van der Waals surface area contributed by atoms with Crippen molar-refractivity contribution >= 4 is 11.6 Å². The summed E-state index contributed by atoms with van der Waals surface area (Å²) >= 11 is 0. The summed E-state index contributed by atoms with van der Waals surface area (Å²) in [6.07, 6.45) is 0.327. The predicted molar refractivity (Wildman–Crippen MR) is 82.9 cm³/mol. The van der Waals surface area contributed by atoms with E-state index in [1.807, 2.05) is 13.8 Å². The highest BCUT2D eigenvalue weighted by Gasteiger charge is 2.45. The van der Waals surface area contributed by atoms with Crippen LogP contribution in [0.4, 0.5) is 5.69 Å². The Hall–Kier alpha value is -2.19. The van der Waals surface area contributed by atoms with E-state index in [2.05, 4.69) is 5.32 Å². The Kier molecular flexibility index (Phi) is 4.58. The molecule has 1 atom stereocenters. The fourth-order valence-electron chi connectivity index (χ4n) is 3.00. The van der Waals surface area contributed by atoms with E-state index in [1.54, 1.807) is 13.0 Å². The highest BCUT2D eigenvalue weighted by molar-refractivity contribution is 5.84. The molecule has 0 aliphatic carbocycles. The molecule has 8 nitrogen and oxygen atoms in total. The minimum Gasteiger partial charge on any atom is -0.490 e. The molecule has 1 heterocycles. The van der Waals surface area contributed by atoms with E-state index in [-0.39, 0.29) is 17.3 Å². The Morgan fingerprint density at radius 3 is 2.52 bits per heavy atom. The summed E-state index contributed by atoms with van der Waals surface area (Å²) in [5.41, 5.74) is 0.611. The molecule has 1 aromatic carbocycles. The van der Waals surface area contributed by atoms with Gasteiger partial charge in [-0.2, -0.15) is 0 Å². The van der Waals surface area contributed by atoms with E-state index in [0.717, 1.165) is 0 Å². The number of nitro benzene ring substituents is 1. The third-order valence-electron chi connectivity index (χ3n) is 3.87. The number of nitrogens with one attached hydrogen (secondary N) is 1. The Morgan fingerprint density at radius 2 is 2.04 bits per heavy atom. The molecule has 0 spiro atoms. The van der Waals surface area contributed by atoms with E-state index in [0.29, 0.717) is 17.5 Å². The Balaban J connectivity index is 2.31. The second kappa shape index (κ2) is 6.13. The van der Waals surface area contributed by atoms with Crippen LogP contribution in [0.25, 0.3) is 0 Å². The number of benzene rings is 1. The zero-order valence-electron chi connectivity index (χ0n) is 13.9. The standard InChI is InChI=1S/C15H21N3O5/c1-9-6-10(8-12(18(20)21)13(9)22-4)7-11-14(19)17(23-5)15(2,3)16-11/h6,8,11,16H,7H2,1-5H3/t11-/m0/s1. The van der Waals surface area contributed by atoms with Gasteiger partial charge in [0.25, 0.3) is 5.91 Å².